The Balaban J connectivity index is 2.38. The Morgan fingerprint density at radius 3 is 2.86 bits per heavy atom. The minimum Gasteiger partial charge on any atom is -0.310 e. The molecule has 0 aliphatic heterocycles. The summed E-state index contributed by atoms with van der Waals surface area (Å²) in [5.41, 5.74) is 0.765. The number of halogens is 1. The lowest BCUT2D eigenvalue weighted by molar-refractivity contribution is 0.628. The number of aromatic nitrogens is 2. The van der Waals surface area contributed by atoms with Gasteiger partial charge >= 0.3 is 0 Å². The van der Waals surface area contributed by atoms with Gasteiger partial charge in [-0.15, -0.1) is 11.3 Å². The second-order valence-corrected chi connectivity index (χ2v) is 5.67. The molecule has 1 N–H and O–H groups in total. The molecule has 0 spiro atoms. The number of hydrogen-bond acceptors (Lipinski definition) is 4. The summed E-state index contributed by atoms with van der Waals surface area (Å²) in [6, 6.07) is 6.49. The summed E-state index contributed by atoms with van der Waals surface area (Å²) in [6.45, 7) is 3.46. The third kappa shape index (κ3) is 2.03. The van der Waals surface area contributed by atoms with Crippen LogP contribution in [0.4, 0.5) is 4.39 Å². The molecule has 3 aromatic rings. The summed E-state index contributed by atoms with van der Waals surface area (Å²) in [5.74, 6) is -0.0469. The molecule has 0 fully saturated rings. The zero-order valence-electron chi connectivity index (χ0n) is 11.3. The van der Waals surface area contributed by atoms with Crippen LogP contribution in [0.15, 0.2) is 23.0 Å². The second-order valence-electron chi connectivity index (χ2n) is 4.67. The van der Waals surface area contributed by atoms with Gasteiger partial charge in [0.05, 0.1) is 10.9 Å². The van der Waals surface area contributed by atoms with Crippen molar-refractivity contribution in [3.8, 4) is 16.5 Å². The van der Waals surface area contributed by atoms with Crippen molar-refractivity contribution in [2.75, 3.05) is 0 Å². The first-order valence-electron chi connectivity index (χ1n) is 6.22. The molecule has 6 heteroatoms. The normalized spacial score (nSPS) is 10.8. The zero-order chi connectivity index (χ0) is 15.1. The standard InChI is InChI=1S/C15H10FN3OS/c1-7-11-14(20)18-8(2)19-15(11)21-13(7)10-5-3-4-9(6-17)12(10)16/h3-5H,1-2H3,(H,18,19,20). The van der Waals surface area contributed by atoms with Crippen molar-refractivity contribution in [2.45, 2.75) is 13.8 Å². The van der Waals surface area contributed by atoms with Crippen molar-refractivity contribution in [1.82, 2.24) is 9.97 Å². The fourth-order valence-corrected chi connectivity index (χ4v) is 3.55. The number of thiophene rings is 1. The fourth-order valence-electron chi connectivity index (χ4n) is 2.30. The molecule has 0 saturated heterocycles. The van der Waals surface area contributed by atoms with Gasteiger partial charge in [-0.2, -0.15) is 5.26 Å². The Morgan fingerprint density at radius 2 is 2.14 bits per heavy atom. The summed E-state index contributed by atoms with van der Waals surface area (Å²) in [6.07, 6.45) is 0. The molecule has 4 nitrogen and oxygen atoms in total. The van der Waals surface area contributed by atoms with Crippen LogP contribution in [0.5, 0.6) is 0 Å². The highest BCUT2D eigenvalue weighted by atomic mass is 32.1. The van der Waals surface area contributed by atoms with Crippen molar-refractivity contribution < 1.29 is 4.39 Å². The molecule has 0 saturated carbocycles. The Kier molecular flexibility index (Phi) is 3.07. The summed E-state index contributed by atoms with van der Waals surface area (Å²) < 4.78 is 14.3. The van der Waals surface area contributed by atoms with Gasteiger partial charge in [-0.25, -0.2) is 9.37 Å². The summed E-state index contributed by atoms with van der Waals surface area (Å²) in [7, 11) is 0. The van der Waals surface area contributed by atoms with Gasteiger partial charge in [-0.1, -0.05) is 12.1 Å². The van der Waals surface area contributed by atoms with Gasteiger partial charge in [0.25, 0.3) is 5.56 Å². The monoisotopic (exact) mass is 299 g/mol. The van der Waals surface area contributed by atoms with Crippen LogP contribution >= 0.6 is 11.3 Å². The maximum atomic E-state index is 14.3. The number of nitrogens with zero attached hydrogens (tertiary/aromatic N) is 2. The van der Waals surface area contributed by atoms with E-state index in [1.54, 1.807) is 26.0 Å². The lowest BCUT2D eigenvalue weighted by Crippen LogP contribution is -2.08. The average molecular weight is 299 g/mol. The van der Waals surface area contributed by atoms with Crippen LogP contribution in [0.3, 0.4) is 0 Å². The Labute approximate surface area is 123 Å². The SMILES string of the molecule is Cc1nc2sc(-c3cccc(C#N)c3F)c(C)c2c(=O)[nH]1. The smallest absolute Gasteiger partial charge is 0.259 e. The summed E-state index contributed by atoms with van der Waals surface area (Å²) in [4.78, 5) is 20.2. The van der Waals surface area contributed by atoms with E-state index in [-0.39, 0.29) is 11.1 Å². The third-order valence-electron chi connectivity index (χ3n) is 3.28. The number of aryl methyl sites for hydroxylation is 2. The van der Waals surface area contributed by atoms with Gasteiger partial charge in [0, 0.05) is 10.4 Å². The number of benzene rings is 1. The van der Waals surface area contributed by atoms with Crippen LogP contribution in [0.25, 0.3) is 20.7 Å². The molecule has 0 unspecified atom stereocenters. The molecule has 0 aliphatic carbocycles. The van der Waals surface area contributed by atoms with Crippen LogP contribution in [0, 0.1) is 31.0 Å². The average Bonchev–Trinajstić information content (AvgIpc) is 2.76. The highest BCUT2D eigenvalue weighted by molar-refractivity contribution is 7.22. The van der Waals surface area contributed by atoms with E-state index in [9.17, 15) is 9.18 Å². The summed E-state index contributed by atoms with van der Waals surface area (Å²) in [5, 5.41) is 9.40. The van der Waals surface area contributed by atoms with Crippen molar-refractivity contribution in [3.63, 3.8) is 0 Å². The molecule has 3 rings (SSSR count). The van der Waals surface area contributed by atoms with Crippen molar-refractivity contribution in [3.05, 3.63) is 51.3 Å². The van der Waals surface area contributed by atoms with Crippen molar-refractivity contribution in [1.29, 1.82) is 5.26 Å². The minimum absolute atomic E-state index is 0.0117. The molecule has 104 valence electrons. The lowest BCUT2D eigenvalue weighted by Gasteiger charge is -2.02. The van der Waals surface area contributed by atoms with E-state index in [4.69, 9.17) is 5.26 Å². The fraction of sp³-hybridized carbons (Fsp3) is 0.133. The van der Waals surface area contributed by atoms with Crippen molar-refractivity contribution >= 4 is 21.6 Å². The number of nitrogens with one attached hydrogen (secondary N) is 1. The van der Waals surface area contributed by atoms with Gasteiger partial charge in [-0.3, -0.25) is 4.79 Å². The van der Waals surface area contributed by atoms with Crippen molar-refractivity contribution in [2.24, 2.45) is 0 Å². The topological polar surface area (TPSA) is 69.5 Å². The van der Waals surface area contributed by atoms with Gasteiger partial charge in [0.15, 0.2) is 0 Å². The number of rotatable bonds is 1. The molecule has 1 aromatic carbocycles. The largest absolute Gasteiger partial charge is 0.310 e. The first-order valence-corrected chi connectivity index (χ1v) is 7.03. The van der Waals surface area contributed by atoms with Crippen LogP contribution in [0.1, 0.15) is 17.0 Å². The van der Waals surface area contributed by atoms with E-state index in [0.29, 0.717) is 32.0 Å². The zero-order valence-corrected chi connectivity index (χ0v) is 12.1. The van der Waals surface area contributed by atoms with E-state index in [0.717, 1.165) is 0 Å². The molecule has 0 aliphatic rings. The quantitative estimate of drug-likeness (QED) is 0.749. The second kappa shape index (κ2) is 4.79. The predicted octanol–water partition coefficient (Wildman–Crippen LogP) is 3.28. The Bertz CT molecular complexity index is 965. The van der Waals surface area contributed by atoms with E-state index >= 15 is 0 Å². The van der Waals surface area contributed by atoms with Gasteiger partial charge < -0.3 is 4.98 Å². The van der Waals surface area contributed by atoms with Gasteiger partial charge in [-0.05, 0) is 25.5 Å². The van der Waals surface area contributed by atoms with E-state index < -0.39 is 5.82 Å². The van der Waals surface area contributed by atoms with Crippen LogP contribution in [-0.2, 0) is 0 Å². The third-order valence-corrected chi connectivity index (χ3v) is 4.50. The molecular weight excluding hydrogens is 289 g/mol. The minimum atomic E-state index is -0.567. The van der Waals surface area contributed by atoms with Crippen LogP contribution < -0.4 is 5.56 Å². The molecule has 0 radical (unpaired) electrons. The first-order chi connectivity index (χ1) is 10.0. The highest BCUT2D eigenvalue weighted by Gasteiger charge is 2.18. The van der Waals surface area contributed by atoms with Crippen LogP contribution in [0.2, 0.25) is 0 Å². The number of aromatic amines is 1. The Morgan fingerprint density at radius 1 is 1.38 bits per heavy atom. The first kappa shape index (κ1) is 13.5. The van der Waals surface area contributed by atoms with E-state index in [1.165, 1.54) is 17.4 Å². The lowest BCUT2D eigenvalue weighted by atomic mass is 10.1. The maximum Gasteiger partial charge on any atom is 0.259 e. The highest BCUT2D eigenvalue weighted by Crippen LogP contribution is 2.37. The molecule has 0 atom stereocenters. The van der Waals surface area contributed by atoms with Gasteiger partial charge in [0.2, 0.25) is 0 Å². The van der Waals surface area contributed by atoms with E-state index in [2.05, 4.69) is 9.97 Å². The Hall–Kier alpha value is -2.52. The number of nitriles is 1. The molecule has 2 heterocycles. The van der Waals surface area contributed by atoms with Gasteiger partial charge in [0.1, 0.15) is 22.5 Å². The number of hydrogen-bond donors (Lipinski definition) is 1. The molecule has 0 amide bonds. The number of fused-ring (bicyclic) bond motifs is 1. The predicted molar refractivity (Wildman–Crippen MR) is 79.8 cm³/mol. The molecular formula is C15H10FN3OS. The number of H-pyrrole nitrogens is 1. The molecule has 21 heavy (non-hydrogen) atoms. The van der Waals surface area contributed by atoms with E-state index in [1.807, 2.05) is 6.07 Å². The molecule has 2 aromatic heterocycles. The molecule has 0 bridgehead atoms. The summed E-state index contributed by atoms with van der Waals surface area (Å²) >= 11 is 1.26. The maximum absolute atomic E-state index is 14.3. The van der Waals surface area contributed by atoms with Crippen LogP contribution in [-0.4, -0.2) is 9.97 Å².